The molecule has 0 unspecified atom stereocenters. The van der Waals surface area contributed by atoms with Crippen LogP contribution in [0.2, 0.25) is 0 Å². The van der Waals surface area contributed by atoms with Gasteiger partial charge in [-0.15, -0.1) is 5.10 Å². The van der Waals surface area contributed by atoms with E-state index in [9.17, 15) is 14.0 Å². The molecule has 1 aliphatic heterocycles. The van der Waals surface area contributed by atoms with Crippen molar-refractivity contribution in [3.05, 3.63) is 65.7 Å². The van der Waals surface area contributed by atoms with E-state index in [1.165, 1.54) is 24.0 Å². The summed E-state index contributed by atoms with van der Waals surface area (Å²) in [6.07, 6.45) is 1.47. The van der Waals surface area contributed by atoms with Crippen LogP contribution < -0.4 is 4.90 Å². The quantitative estimate of drug-likeness (QED) is 0.629. The van der Waals surface area contributed by atoms with E-state index >= 15 is 0 Å². The summed E-state index contributed by atoms with van der Waals surface area (Å²) in [6, 6.07) is 11.6. The van der Waals surface area contributed by atoms with Crippen molar-refractivity contribution in [3.63, 3.8) is 0 Å². The lowest BCUT2D eigenvalue weighted by atomic mass is 10.1. The monoisotopic (exact) mass is 394 g/mol. The van der Waals surface area contributed by atoms with Gasteiger partial charge in [-0.3, -0.25) is 9.59 Å². The number of halogens is 1. The molecule has 0 atom stereocenters. The SMILES string of the molecule is CC(=O)c1ccc(N2CCN(C(=O)c3cccc(-n4cnnn4)c3)CC2)c(F)c1. The maximum Gasteiger partial charge on any atom is 0.254 e. The normalized spacial score (nSPS) is 14.1. The van der Waals surface area contributed by atoms with Gasteiger partial charge in [0.2, 0.25) is 0 Å². The fraction of sp³-hybridized carbons (Fsp3) is 0.250. The highest BCUT2D eigenvalue weighted by atomic mass is 19.1. The molecule has 1 aromatic heterocycles. The topological polar surface area (TPSA) is 84.2 Å². The molecule has 1 amide bonds. The van der Waals surface area contributed by atoms with Crippen LogP contribution in [0.15, 0.2) is 48.8 Å². The van der Waals surface area contributed by atoms with E-state index in [0.29, 0.717) is 48.7 Å². The summed E-state index contributed by atoms with van der Waals surface area (Å²) in [7, 11) is 0. The van der Waals surface area contributed by atoms with Gasteiger partial charge in [0.15, 0.2) is 5.78 Å². The van der Waals surface area contributed by atoms with Gasteiger partial charge in [-0.2, -0.15) is 0 Å². The minimum Gasteiger partial charge on any atom is -0.366 e. The molecule has 0 bridgehead atoms. The Morgan fingerprint density at radius 3 is 2.45 bits per heavy atom. The highest BCUT2D eigenvalue weighted by Crippen LogP contribution is 2.23. The first-order valence-corrected chi connectivity index (χ1v) is 9.21. The maximum absolute atomic E-state index is 14.4. The molecule has 8 nitrogen and oxygen atoms in total. The number of tetrazole rings is 1. The van der Waals surface area contributed by atoms with Crippen LogP contribution in [0.3, 0.4) is 0 Å². The zero-order valence-corrected chi connectivity index (χ0v) is 15.8. The molecule has 1 saturated heterocycles. The van der Waals surface area contributed by atoms with Gasteiger partial charge in [0.25, 0.3) is 5.91 Å². The smallest absolute Gasteiger partial charge is 0.254 e. The number of rotatable bonds is 4. The summed E-state index contributed by atoms with van der Waals surface area (Å²) >= 11 is 0. The van der Waals surface area contributed by atoms with Crippen molar-refractivity contribution in [3.8, 4) is 5.69 Å². The summed E-state index contributed by atoms with van der Waals surface area (Å²) in [6.45, 7) is 3.38. The first-order valence-electron chi connectivity index (χ1n) is 9.21. The molecular weight excluding hydrogens is 375 g/mol. The number of aromatic nitrogens is 4. The molecular formula is C20H19FN6O2. The summed E-state index contributed by atoms with van der Waals surface area (Å²) in [4.78, 5) is 27.9. The second-order valence-corrected chi connectivity index (χ2v) is 6.81. The number of Topliss-reactive ketones (excluding diaryl/α,β-unsaturated/α-hetero) is 1. The minimum atomic E-state index is -0.424. The van der Waals surface area contributed by atoms with Gasteiger partial charge in [-0.05, 0) is 53.7 Å². The van der Waals surface area contributed by atoms with Gasteiger partial charge in [-0.25, -0.2) is 9.07 Å². The van der Waals surface area contributed by atoms with Crippen molar-refractivity contribution < 1.29 is 14.0 Å². The van der Waals surface area contributed by atoms with Crippen molar-refractivity contribution in [2.45, 2.75) is 6.92 Å². The molecule has 2 aromatic carbocycles. The highest BCUT2D eigenvalue weighted by Gasteiger charge is 2.24. The van der Waals surface area contributed by atoms with Crippen LogP contribution in [0.1, 0.15) is 27.6 Å². The predicted molar refractivity (Wildman–Crippen MR) is 104 cm³/mol. The standard InChI is InChI=1S/C20H19FN6O2/c1-14(28)15-5-6-19(18(21)12-15)25-7-9-26(10-8-25)20(29)16-3-2-4-17(11-16)27-13-22-23-24-27/h2-6,11-13H,7-10H2,1H3. The van der Waals surface area contributed by atoms with Crippen molar-refractivity contribution >= 4 is 17.4 Å². The molecule has 148 valence electrons. The van der Waals surface area contributed by atoms with Crippen LogP contribution in [0.5, 0.6) is 0 Å². The van der Waals surface area contributed by atoms with Crippen molar-refractivity contribution in [1.29, 1.82) is 0 Å². The molecule has 0 aliphatic carbocycles. The Morgan fingerprint density at radius 1 is 1.00 bits per heavy atom. The number of piperazine rings is 1. The van der Waals surface area contributed by atoms with Crippen LogP contribution in [0.4, 0.5) is 10.1 Å². The molecule has 0 saturated carbocycles. The zero-order valence-electron chi connectivity index (χ0n) is 15.8. The third-order valence-electron chi connectivity index (χ3n) is 4.97. The first kappa shape index (κ1) is 18.7. The van der Waals surface area contributed by atoms with Crippen LogP contribution in [-0.2, 0) is 0 Å². The number of carbonyl (C=O) groups excluding carboxylic acids is 2. The predicted octanol–water partition coefficient (Wildman–Crippen LogP) is 1.97. The fourth-order valence-corrected chi connectivity index (χ4v) is 3.38. The number of anilines is 1. The number of benzene rings is 2. The Balaban J connectivity index is 1.44. The van der Waals surface area contributed by atoms with E-state index in [4.69, 9.17) is 0 Å². The Morgan fingerprint density at radius 2 is 1.79 bits per heavy atom. The molecule has 0 radical (unpaired) electrons. The van der Waals surface area contributed by atoms with E-state index in [1.807, 2.05) is 11.0 Å². The van der Waals surface area contributed by atoms with Crippen molar-refractivity contribution in [2.75, 3.05) is 31.1 Å². The lowest BCUT2D eigenvalue weighted by Gasteiger charge is -2.36. The Labute approximate surface area is 166 Å². The van der Waals surface area contributed by atoms with E-state index in [0.717, 1.165) is 0 Å². The third kappa shape index (κ3) is 3.84. The number of hydrogen-bond donors (Lipinski definition) is 0. The molecule has 0 spiro atoms. The lowest BCUT2D eigenvalue weighted by Crippen LogP contribution is -2.49. The number of carbonyl (C=O) groups is 2. The van der Waals surface area contributed by atoms with Crippen LogP contribution in [0, 0.1) is 5.82 Å². The Hall–Kier alpha value is -3.62. The van der Waals surface area contributed by atoms with Gasteiger partial charge < -0.3 is 9.80 Å². The number of ketones is 1. The minimum absolute atomic E-state index is 0.0908. The third-order valence-corrected chi connectivity index (χ3v) is 4.97. The zero-order chi connectivity index (χ0) is 20.4. The second kappa shape index (κ2) is 7.78. The molecule has 9 heteroatoms. The van der Waals surface area contributed by atoms with Crippen LogP contribution >= 0.6 is 0 Å². The molecule has 2 heterocycles. The summed E-state index contributed by atoms with van der Waals surface area (Å²) in [5.74, 6) is -0.687. The number of hydrogen-bond acceptors (Lipinski definition) is 6. The second-order valence-electron chi connectivity index (χ2n) is 6.81. The molecule has 29 heavy (non-hydrogen) atoms. The van der Waals surface area contributed by atoms with E-state index in [2.05, 4.69) is 15.5 Å². The molecule has 4 rings (SSSR count). The van der Waals surface area contributed by atoms with Crippen molar-refractivity contribution in [2.24, 2.45) is 0 Å². The van der Waals surface area contributed by atoms with Gasteiger partial charge in [0.05, 0.1) is 11.4 Å². The van der Waals surface area contributed by atoms with E-state index in [1.54, 1.807) is 35.2 Å². The van der Waals surface area contributed by atoms with Crippen LogP contribution in [-0.4, -0.2) is 63.0 Å². The van der Waals surface area contributed by atoms with E-state index < -0.39 is 5.82 Å². The van der Waals surface area contributed by atoms with E-state index in [-0.39, 0.29) is 11.7 Å². The van der Waals surface area contributed by atoms with Gasteiger partial charge in [-0.1, -0.05) is 6.07 Å². The average Bonchev–Trinajstić information content (AvgIpc) is 3.28. The number of amides is 1. The summed E-state index contributed by atoms with van der Waals surface area (Å²) in [5, 5.41) is 11.0. The van der Waals surface area contributed by atoms with Crippen LogP contribution in [0.25, 0.3) is 5.69 Å². The fourth-order valence-electron chi connectivity index (χ4n) is 3.38. The Bertz CT molecular complexity index is 1040. The van der Waals surface area contributed by atoms with Gasteiger partial charge in [0, 0.05) is 37.3 Å². The molecule has 0 N–H and O–H groups in total. The summed E-state index contributed by atoms with van der Waals surface area (Å²) in [5.41, 5.74) is 2.04. The maximum atomic E-state index is 14.4. The largest absolute Gasteiger partial charge is 0.366 e. The van der Waals surface area contributed by atoms with Gasteiger partial charge >= 0.3 is 0 Å². The Kier molecular flexibility index (Phi) is 5.03. The molecule has 3 aromatic rings. The van der Waals surface area contributed by atoms with Crippen molar-refractivity contribution in [1.82, 2.24) is 25.1 Å². The lowest BCUT2D eigenvalue weighted by molar-refractivity contribution is 0.0746. The highest BCUT2D eigenvalue weighted by molar-refractivity contribution is 5.95. The first-order chi connectivity index (χ1) is 14.0. The van der Waals surface area contributed by atoms with Gasteiger partial charge in [0.1, 0.15) is 12.1 Å². The molecule has 1 fully saturated rings. The molecule has 1 aliphatic rings. The number of nitrogens with zero attached hydrogens (tertiary/aromatic N) is 6. The average molecular weight is 394 g/mol. The summed E-state index contributed by atoms with van der Waals surface area (Å²) < 4.78 is 15.9.